The lowest BCUT2D eigenvalue weighted by molar-refractivity contribution is -0.144. The Kier molecular flexibility index (Phi) is 8.82. The molecule has 0 fully saturated rings. The smallest absolute Gasteiger partial charge is 0.417 e. The summed E-state index contributed by atoms with van der Waals surface area (Å²) < 4.78 is 83.2. The Hall–Kier alpha value is -2.63. The second-order valence-electron chi connectivity index (χ2n) is 6.30. The minimum absolute atomic E-state index is 0.111. The number of nitrogens with one attached hydrogen (secondary N) is 1. The molecule has 0 saturated heterocycles. The van der Waals surface area contributed by atoms with Crippen LogP contribution in [-0.2, 0) is 26.7 Å². The molecule has 0 aliphatic heterocycles. The van der Waals surface area contributed by atoms with Crippen molar-refractivity contribution in [3.05, 3.63) is 34.9 Å². The fraction of sp³-hybridized carbons (Fsp3) is 0.500. The summed E-state index contributed by atoms with van der Waals surface area (Å²) >= 11 is 0. The first-order valence-corrected chi connectivity index (χ1v) is 8.73. The molecular formula is C18H20F6N2O4. The van der Waals surface area contributed by atoms with Crippen LogP contribution >= 0.6 is 0 Å². The molecule has 12 heteroatoms. The van der Waals surface area contributed by atoms with Crippen molar-refractivity contribution in [1.82, 2.24) is 5.32 Å². The molecule has 0 saturated carbocycles. The predicted molar refractivity (Wildman–Crippen MR) is 92.2 cm³/mol. The van der Waals surface area contributed by atoms with Crippen LogP contribution in [-0.4, -0.2) is 36.9 Å². The van der Waals surface area contributed by atoms with Crippen molar-refractivity contribution in [2.24, 2.45) is 5.73 Å². The van der Waals surface area contributed by atoms with E-state index in [9.17, 15) is 40.7 Å². The lowest BCUT2D eigenvalue weighted by Gasteiger charge is -2.19. The van der Waals surface area contributed by atoms with E-state index < -0.39 is 59.4 Å². The van der Waals surface area contributed by atoms with Crippen LogP contribution in [0.3, 0.4) is 0 Å². The first kappa shape index (κ1) is 25.4. The van der Waals surface area contributed by atoms with Gasteiger partial charge in [-0.2, -0.15) is 26.3 Å². The highest BCUT2D eigenvalue weighted by Gasteiger charge is 2.43. The van der Waals surface area contributed by atoms with Crippen molar-refractivity contribution < 1.29 is 45.5 Å². The van der Waals surface area contributed by atoms with E-state index in [1.807, 2.05) is 0 Å². The van der Waals surface area contributed by atoms with E-state index in [-0.39, 0.29) is 6.42 Å². The number of alkyl halides is 6. The standard InChI is InChI=1S/C18H20F6N2O4/c1-10(27)26-13(7-2-3-8-25)14(28)9-30-16(29)15-11(17(19,20)21)5-4-6-12(15)18(22,23)24/h4-6,13H,2-3,7-9,25H2,1H3,(H,26,27)/t13-/m0/s1. The highest BCUT2D eigenvalue weighted by molar-refractivity contribution is 5.96. The molecule has 1 amide bonds. The molecule has 1 rings (SSSR count). The highest BCUT2D eigenvalue weighted by atomic mass is 19.4. The van der Waals surface area contributed by atoms with Crippen molar-refractivity contribution in [1.29, 1.82) is 0 Å². The molecule has 1 aromatic carbocycles. The number of halogens is 6. The van der Waals surface area contributed by atoms with Gasteiger partial charge in [0.05, 0.1) is 22.7 Å². The number of ether oxygens (including phenoxy) is 1. The Morgan fingerprint density at radius 2 is 1.57 bits per heavy atom. The van der Waals surface area contributed by atoms with Gasteiger partial charge in [0.1, 0.15) is 0 Å². The van der Waals surface area contributed by atoms with E-state index >= 15 is 0 Å². The van der Waals surface area contributed by atoms with Gasteiger partial charge in [0.25, 0.3) is 0 Å². The fourth-order valence-electron chi connectivity index (χ4n) is 2.61. The predicted octanol–water partition coefficient (Wildman–Crippen LogP) is 3.08. The van der Waals surface area contributed by atoms with Crippen LogP contribution in [0.15, 0.2) is 18.2 Å². The average molecular weight is 442 g/mol. The normalized spacial score (nSPS) is 12.9. The first-order chi connectivity index (χ1) is 13.8. The van der Waals surface area contributed by atoms with E-state index in [1.54, 1.807) is 0 Å². The average Bonchev–Trinajstić information content (AvgIpc) is 2.62. The first-order valence-electron chi connectivity index (χ1n) is 8.73. The minimum Gasteiger partial charge on any atom is -0.454 e. The van der Waals surface area contributed by atoms with Gasteiger partial charge in [0.2, 0.25) is 5.91 Å². The highest BCUT2D eigenvalue weighted by Crippen LogP contribution is 2.39. The number of carbonyl (C=O) groups excluding carboxylic acids is 3. The molecule has 6 nitrogen and oxygen atoms in total. The number of nitrogens with two attached hydrogens (primary N) is 1. The van der Waals surface area contributed by atoms with Crippen LogP contribution in [0.1, 0.15) is 47.7 Å². The summed E-state index contributed by atoms with van der Waals surface area (Å²) in [4.78, 5) is 35.5. The van der Waals surface area contributed by atoms with Crippen LogP contribution in [0.2, 0.25) is 0 Å². The molecule has 0 aliphatic carbocycles. The number of esters is 1. The van der Waals surface area contributed by atoms with Crippen LogP contribution in [0.25, 0.3) is 0 Å². The number of rotatable bonds is 9. The summed E-state index contributed by atoms with van der Waals surface area (Å²) in [6.45, 7) is 0.310. The zero-order valence-corrected chi connectivity index (χ0v) is 15.8. The summed E-state index contributed by atoms with van der Waals surface area (Å²) in [5, 5.41) is 2.29. The Morgan fingerprint density at radius 1 is 1.03 bits per heavy atom. The molecular weight excluding hydrogens is 422 g/mol. The number of amides is 1. The Morgan fingerprint density at radius 3 is 2.00 bits per heavy atom. The molecule has 0 radical (unpaired) electrons. The van der Waals surface area contributed by atoms with E-state index in [0.29, 0.717) is 37.6 Å². The molecule has 0 aromatic heterocycles. The third kappa shape index (κ3) is 7.32. The van der Waals surface area contributed by atoms with Gasteiger partial charge in [-0.3, -0.25) is 9.59 Å². The lowest BCUT2D eigenvalue weighted by Crippen LogP contribution is -2.42. The third-order valence-electron chi connectivity index (χ3n) is 3.94. The van der Waals surface area contributed by atoms with Gasteiger partial charge in [-0.15, -0.1) is 0 Å². The maximum absolute atomic E-state index is 13.1. The van der Waals surface area contributed by atoms with Gasteiger partial charge < -0.3 is 15.8 Å². The van der Waals surface area contributed by atoms with Crippen LogP contribution < -0.4 is 11.1 Å². The molecule has 0 bridgehead atoms. The van der Waals surface area contributed by atoms with Crippen LogP contribution in [0, 0.1) is 0 Å². The second kappa shape index (κ2) is 10.4. The number of hydrogen-bond acceptors (Lipinski definition) is 5. The van der Waals surface area contributed by atoms with Crippen molar-refractivity contribution in [2.45, 2.75) is 44.6 Å². The zero-order chi connectivity index (χ0) is 23.1. The molecule has 0 spiro atoms. The van der Waals surface area contributed by atoms with Gasteiger partial charge >= 0.3 is 18.3 Å². The Balaban J connectivity index is 3.09. The number of ketones is 1. The zero-order valence-electron chi connectivity index (χ0n) is 15.8. The fourth-order valence-corrected chi connectivity index (χ4v) is 2.61. The number of Topliss-reactive ketones (excluding diaryl/α,β-unsaturated/α-hetero) is 1. The number of benzene rings is 1. The molecule has 3 N–H and O–H groups in total. The summed E-state index contributed by atoms with van der Waals surface area (Å²) in [6, 6.07) is 0.000674. The van der Waals surface area contributed by atoms with Crippen molar-refractivity contribution in [3.8, 4) is 0 Å². The Labute approximate surface area is 167 Å². The molecule has 1 atom stereocenters. The molecule has 0 unspecified atom stereocenters. The van der Waals surface area contributed by atoms with E-state index in [2.05, 4.69) is 10.1 Å². The quantitative estimate of drug-likeness (QED) is 0.348. The van der Waals surface area contributed by atoms with Gasteiger partial charge in [-0.1, -0.05) is 6.07 Å². The van der Waals surface area contributed by atoms with E-state index in [1.165, 1.54) is 0 Å². The van der Waals surface area contributed by atoms with Crippen molar-refractivity contribution in [3.63, 3.8) is 0 Å². The molecule has 30 heavy (non-hydrogen) atoms. The molecule has 0 aliphatic rings. The van der Waals surface area contributed by atoms with Gasteiger partial charge in [-0.25, -0.2) is 4.79 Å². The van der Waals surface area contributed by atoms with E-state index in [4.69, 9.17) is 5.73 Å². The molecule has 168 valence electrons. The maximum atomic E-state index is 13.1. The number of unbranched alkanes of at least 4 members (excludes halogenated alkanes) is 1. The van der Waals surface area contributed by atoms with Gasteiger partial charge in [0, 0.05) is 6.92 Å². The number of carbonyl (C=O) groups is 3. The van der Waals surface area contributed by atoms with Crippen LogP contribution in [0.5, 0.6) is 0 Å². The van der Waals surface area contributed by atoms with Gasteiger partial charge in [0.15, 0.2) is 12.4 Å². The second-order valence-corrected chi connectivity index (χ2v) is 6.30. The SMILES string of the molecule is CC(=O)N[C@@H](CCCCN)C(=O)COC(=O)c1c(C(F)(F)F)cccc1C(F)(F)F. The summed E-state index contributed by atoms with van der Waals surface area (Å²) in [6.07, 6.45) is -9.49. The monoisotopic (exact) mass is 442 g/mol. The molecule has 1 aromatic rings. The topological polar surface area (TPSA) is 98.5 Å². The van der Waals surface area contributed by atoms with Crippen molar-refractivity contribution >= 4 is 17.7 Å². The summed E-state index contributed by atoms with van der Waals surface area (Å²) in [5.74, 6) is -3.42. The third-order valence-corrected chi connectivity index (χ3v) is 3.94. The molecule has 0 heterocycles. The lowest BCUT2D eigenvalue weighted by atomic mass is 10.00. The maximum Gasteiger partial charge on any atom is 0.417 e. The van der Waals surface area contributed by atoms with Crippen molar-refractivity contribution in [2.75, 3.05) is 13.2 Å². The summed E-state index contributed by atoms with van der Waals surface area (Å²) in [5.41, 5.74) is -0.0778. The largest absolute Gasteiger partial charge is 0.454 e. The van der Waals surface area contributed by atoms with Gasteiger partial charge in [-0.05, 0) is 37.9 Å². The summed E-state index contributed by atoms with van der Waals surface area (Å²) in [7, 11) is 0. The Bertz CT molecular complexity index is 745. The minimum atomic E-state index is -5.26. The number of hydrogen-bond donors (Lipinski definition) is 2. The van der Waals surface area contributed by atoms with Crippen LogP contribution in [0.4, 0.5) is 26.3 Å². The van der Waals surface area contributed by atoms with E-state index in [0.717, 1.165) is 6.92 Å².